The number of aromatic nitrogens is 5. The van der Waals surface area contributed by atoms with Crippen LogP contribution in [0, 0.1) is 5.82 Å². The molecule has 4 aromatic rings. The minimum Gasteiger partial charge on any atom is -0.334 e. The van der Waals surface area contributed by atoms with Gasteiger partial charge in [0.1, 0.15) is 5.82 Å². The smallest absolute Gasteiger partial charge is 0.293 e. The lowest BCUT2D eigenvalue weighted by Crippen LogP contribution is -2.27. The number of hydrogen-bond acceptors (Lipinski definition) is 5. The first-order valence-electron chi connectivity index (χ1n) is 8.51. The molecular weight excluding hydrogens is 379 g/mol. The van der Waals surface area contributed by atoms with E-state index < -0.39 is 0 Å². The summed E-state index contributed by atoms with van der Waals surface area (Å²) in [6.07, 6.45) is 3.55. The molecule has 0 radical (unpaired) electrons. The van der Waals surface area contributed by atoms with Gasteiger partial charge in [0.25, 0.3) is 5.91 Å². The van der Waals surface area contributed by atoms with E-state index in [0.717, 1.165) is 10.4 Å². The van der Waals surface area contributed by atoms with E-state index in [1.165, 1.54) is 33.1 Å². The lowest BCUT2D eigenvalue weighted by molar-refractivity contribution is 0.0773. The van der Waals surface area contributed by atoms with Crippen molar-refractivity contribution in [2.24, 2.45) is 7.05 Å². The SMILES string of the molecule is CN(Cc1cnn(C)c1)C(=O)c1nc(-c2cccs2)n(-c2cccc(F)c2)n1. The van der Waals surface area contributed by atoms with Gasteiger partial charge in [-0.15, -0.1) is 16.4 Å². The number of benzene rings is 1. The lowest BCUT2D eigenvalue weighted by Gasteiger charge is -2.13. The summed E-state index contributed by atoms with van der Waals surface area (Å²) in [5.74, 6) is -0.152. The van der Waals surface area contributed by atoms with Crippen LogP contribution < -0.4 is 0 Å². The molecule has 0 bridgehead atoms. The van der Waals surface area contributed by atoms with Crippen molar-refractivity contribution < 1.29 is 9.18 Å². The number of nitrogens with zero attached hydrogens (tertiary/aromatic N) is 6. The lowest BCUT2D eigenvalue weighted by atomic mass is 10.3. The highest BCUT2D eigenvalue weighted by Crippen LogP contribution is 2.26. The zero-order chi connectivity index (χ0) is 19.7. The van der Waals surface area contributed by atoms with Gasteiger partial charge in [0.05, 0.1) is 16.8 Å². The minimum atomic E-state index is -0.383. The van der Waals surface area contributed by atoms with Crippen LogP contribution in [-0.2, 0) is 13.6 Å². The van der Waals surface area contributed by atoms with Gasteiger partial charge in [-0.3, -0.25) is 9.48 Å². The number of hydrogen-bond donors (Lipinski definition) is 0. The molecule has 0 saturated heterocycles. The molecule has 0 saturated carbocycles. The van der Waals surface area contributed by atoms with Crippen LogP contribution in [0.5, 0.6) is 0 Å². The van der Waals surface area contributed by atoms with Gasteiger partial charge in [-0.25, -0.2) is 14.1 Å². The average Bonchev–Trinajstić information content (AvgIpc) is 3.41. The highest BCUT2D eigenvalue weighted by Gasteiger charge is 2.22. The molecule has 0 atom stereocenters. The van der Waals surface area contributed by atoms with Crippen molar-refractivity contribution in [3.63, 3.8) is 0 Å². The third kappa shape index (κ3) is 3.56. The Balaban J connectivity index is 1.69. The Kier molecular flexibility index (Phi) is 4.74. The molecule has 3 aromatic heterocycles. The second-order valence-corrected chi connectivity index (χ2v) is 7.26. The monoisotopic (exact) mass is 396 g/mol. The molecule has 7 nitrogen and oxygen atoms in total. The summed E-state index contributed by atoms with van der Waals surface area (Å²) in [6, 6.07) is 9.82. The van der Waals surface area contributed by atoms with Crippen LogP contribution in [0.4, 0.5) is 4.39 Å². The number of aryl methyl sites for hydroxylation is 1. The molecule has 1 amide bonds. The molecule has 0 N–H and O–H groups in total. The van der Waals surface area contributed by atoms with Crippen molar-refractivity contribution in [2.45, 2.75) is 6.54 Å². The maximum absolute atomic E-state index is 13.7. The molecule has 28 heavy (non-hydrogen) atoms. The fourth-order valence-corrected chi connectivity index (χ4v) is 3.52. The van der Waals surface area contributed by atoms with Crippen molar-refractivity contribution >= 4 is 17.2 Å². The first kappa shape index (κ1) is 18.1. The third-order valence-corrected chi connectivity index (χ3v) is 4.98. The fourth-order valence-electron chi connectivity index (χ4n) is 2.83. The largest absolute Gasteiger partial charge is 0.334 e. The highest BCUT2D eigenvalue weighted by atomic mass is 32.1. The van der Waals surface area contributed by atoms with E-state index in [4.69, 9.17) is 0 Å². The molecule has 3 heterocycles. The summed E-state index contributed by atoms with van der Waals surface area (Å²) in [4.78, 5) is 19.7. The molecule has 4 rings (SSSR count). The predicted octanol–water partition coefficient (Wildman–Crippen LogP) is 3.14. The second kappa shape index (κ2) is 7.35. The van der Waals surface area contributed by atoms with E-state index in [2.05, 4.69) is 15.2 Å². The van der Waals surface area contributed by atoms with E-state index in [9.17, 15) is 9.18 Å². The van der Waals surface area contributed by atoms with Gasteiger partial charge >= 0.3 is 0 Å². The summed E-state index contributed by atoms with van der Waals surface area (Å²) in [5, 5.41) is 10.4. The van der Waals surface area contributed by atoms with Gasteiger partial charge in [0.2, 0.25) is 5.82 Å². The molecule has 0 spiro atoms. The van der Waals surface area contributed by atoms with Gasteiger partial charge in [0, 0.05) is 32.4 Å². The number of halogens is 1. The van der Waals surface area contributed by atoms with Gasteiger partial charge in [-0.05, 0) is 29.6 Å². The Morgan fingerprint density at radius 2 is 2.14 bits per heavy atom. The Morgan fingerprint density at radius 3 is 2.82 bits per heavy atom. The van der Waals surface area contributed by atoms with E-state index in [1.54, 1.807) is 30.1 Å². The van der Waals surface area contributed by atoms with Gasteiger partial charge in [-0.2, -0.15) is 5.10 Å². The van der Waals surface area contributed by atoms with E-state index in [-0.39, 0.29) is 17.5 Å². The first-order chi connectivity index (χ1) is 13.5. The van der Waals surface area contributed by atoms with E-state index >= 15 is 0 Å². The van der Waals surface area contributed by atoms with Gasteiger partial charge in [0.15, 0.2) is 5.82 Å². The van der Waals surface area contributed by atoms with Crippen LogP contribution in [0.1, 0.15) is 16.2 Å². The van der Waals surface area contributed by atoms with Crippen molar-refractivity contribution in [1.82, 2.24) is 29.4 Å². The van der Waals surface area contributed by atoms with Crippen molar-refractivity contribution in [2.75, 3.05) is 7.05 Å². The molecule has 0 aliphatic heterocycles. The number of thiophene rings is 1. The van der Waals surface area contributed by atoms with Crippen LogP contribution in [0.3, 0.4) is 0 Å². The molecule has 0 unspecified atom stereocenters. The Morgan fingerprint density at radius 1 is 1.29 bits per heavy atom. The van der Waals surface area contributed by atoms with Crippen LogP contribution in [0.2, 0.25) is 0 Å². The zero-order valence-electron chi connectivity index (χ0n) is 15.3. The molecule has 1 aromatic carbocycles. The molecule has 9 heteroatoms. The summed E-state index contributed by atoms with van der Waals surface area (Å²) in [5.41, 5.74) is 1.41. The summed E-state index contributed by atoms with van der Waals surface area (Å²) in [7, 11) is 3.50. The Hall–Kier alpha value is -3.33. The minimum absolute atomic E-state index is 0.0547. The molecule has 0 fully saturated rings. The molecule has 0 aliphatic carbocycles. The standard InChI is InChI=1S/C19H17FN6OS/c1-24(11-13-10-21-25(2)12-13)19(27)17-22-18(16-7-4-8-28-16)26(23-17)15-6-3-5-14(20)9-15/h3-10,12H,11H2,1-2H3. The summed E-state index contributed by atoms with van der Waals surface area (Å²) in [6.45, 7) is 0.384. The second-order valence-electron chi connectivity index (χ2n) is 6.31. The maximum Gasteiger partial charge on any atom is 0.293 e. The number of amides is 1. The van der Waals surface area contributed by atoms with Gasteiger partial charge < -0.3 is 4.90 Å². The maximum atomic E-state index is 13.7. The van der Waals surface area contributed by atoms with Crippen LogP contribution in [0.15, 0.2) is 54.2 Å². The molecule has 0 aliphatic rings. The average molecular weight is 396 g/mol. The Bertz CT molecular complexity index is 1120. The Labute approximate surface area is 164 Å². The first-order valence-corrected chi connectivity index (χ1v) is 9.39. The number of carbonyl (C=O) groups excluding carboxylic acids is 1. The van der Waals surface area contributed by atoms with Crippen LogP contribution in [-0.4, -0.2) is 42.4 Å². The highest BCUT2D eigenvalue weighted by molar-refractivity contribution is 7.13. The normalized spacial score (nSPS) is 11.0. The quantitative estimate of drug-likeness (QED) is 0.520. The van der Waals surface area contributed by atoms with Crippen molar-refractivity contribution in [3.05, 3.63) is 71.4 Å². The predicted molar refractivity (Wildman–Crippen MR) is 104 cm³/mol. The number of carbonyl (C=O) groups is 1. The van der Waals surface area contributed by atoms with Gasteiger partial charge in [-0.1, -0.05) is 12.1 Å². The van der Waals surface area contributed by atoms with Crippen LogP contribution in [0.25, 0.3) is 16.4 Å². The topological polar surface area (TPSA) is 68.8 Å². The van der Waals surface area contributed by atoms with Crippen LogP contribution >= 0.6 is 11.3 Å². The third-order valence-electron chi connectivity index (χ3n) is 4.12. The number of rotatable bonds is 5. The summed E-state index contributed by atoms with van der Waals surface area (Å²) < 4.78 is 16.9. The molecule has 142 valence electrons. The molecular formula is C19H17FN6OS. The summed E-state index contributed by atoms with van der Waals surface area (Å²) >= 11 is 1.47. The van der Waals surface area contributed by atoms with E-state index in [1.807, 2.05) is 30.8 Å². The zero-order valence-corrected chi connectivity index (χ0v) is 16.1. The van der Waals surface area contributed by atoms with E-state index in [0.29, 0.717) is 18.1 Å². The van der Waals surface area contributed by atoms with Crippen molar-refractivity contribution in [1.29, 1.82) is 0 Å². The fraction of sp³-hybridized carbons (Fsp3) is 0.158. The van der Waals surface area contributed by atoms with Crippen molar-refractivity contribution in [3.8, 4) is 16.4 Å².